The molecule has 1 heterocycles. The number of hydrogen-bond donors (Lipinski definition) is 1. The fraction of sp³-hybridized carbons (Fsp3) is 0.176. The van der Waals surface area contributed by atoms with Crippen molar-refractivity contribution in [1.82, 2.24) is 9.78 Å². The molecule has 0 bridgehead atoms. The predicted molar refractivity (Wildman–Crippen MR) is 84.6 cm³/mol. The fourth-order valence-corrected chi connectivity index (χ4v) is 2.31. The number of fused-ring (bicyclic) bond motifs is 1. The Kier molecular flexibility index (Phi) is 3.69. The molecule has 4 heteroatoms. The van der Waals surface area contributed by atoms with Gasteiger partial charge in [-0.25, -0.2) is 4.68 Å². The van der Waals surface area contributed by atoms with Crippen LogP contribution in [0.25, 0.3) is 16.6 Å². The summed E-state index contributed by atoms with van der Waals surface area (Å²) >= 11 is 0. The Labute approximate surface area is 123 Å². The smallest absolute Gasteiger partial charge is 0.224 e. The Morgan fingerprint density at radius 2 is 1.90 bits per heavy atom. The van der Waals surface area contributed by atoms with Crippen LogP contribution < -0.4 is 5.32 Å². The van der Waals surface area contributed by atoms with Crippen molar-refractivity contribution in [1.29, 1.82) is 0 Å². The zero-order valence-electron chi connectivity index (χ0n) is 11.9. The lowest BCUT2D eigenvalue weighted by molar-refractivity contribution is -0.116. The van der Waals surface area contributed by atoms with Gasteiger partial charge in [0.05, 0.1) is 17.4 Å². The first-order valence-corrected chi connectivity index (χ1v) is 7.11. The zero-order valence-corrected chi connectivity index (χ0v) is 11.9. The van der Waals surface area contributed by atoms with Gasteiger partial charge in [-0.2, -0.15) is 5.10 Å². The maximum absolute atomic E-state index is 11.6. The summed E-state index contributed by atoms with van der Waals surface area (Å²) in [5.41, 5.74) is 2.86. The highest BCUT2D eigenvalue weighted by atomic mass is 16.1. The van der Waals surface area contributed by atoms with E-state index in [1.807, 2.05) is 66.3 Å². The molecule has 1 N–H and O–H groups in total. The van der Waals surface area contributed by atoms with E-state index in [-0.39, 0.29) is 5.91 Å². The van der Waals surface area contributed by atoms with E-state index in [0.29, 0.717) is 6.42 Å². The molecule has 1 amide bonds. The zero-order chi connectivity index (χ0) is 14.7. The van der Waals surface area contributed by atoms with Gasteiger partial charge in [0, 0.05) is 17.5 Å². The molecule has 3 rings (SSSR count). The SMILES string of the molecule is CCCC(=O)Nc1ccc(-n2ncc3ccccc32)cc1. The Morgan fingerprint density at radius 1 is 1.14 bits per heavy atom. The first-order chi connectivity index (χ1) is 10.3. The number of hydrogen-bond acceptors (Lipinski definition) is 2. The lowest BCUT2D eigenvalue weighted by Crippen LogP contribution is -2.10. The van der Waals surface area contributed by atoms with Gasteiger partial charge in [-0.05, 0) is 36.8 Å². The van der Waals surface area contributed by atoms with Gasteiger partial charge >= 0.3 is 0 Å². The molecule has 0 atom stereocenters. The third-order valence-electron chi connectivity index (χ3n) is 3.35. The quantitative estimate of drug-likeness (QED) is 0.790. The van der Waals surface area contributed by atoms with Crippen LogP contribution in [0, 0.1) is 0 Å². The average Bonchev–Trinajstić information content (AvgIpc) is 2.92. The standard InChI is InChI=1S/C17H17N3O/c1-2-5-17(21)19-14-8-10-15(11-9-14)20-16-7-4-3-6-13(16)12-18-20/h3-4,6-12H,2,5H2,1H3,(H,19,21). The average molecular weight is 279 g/mol. The largest absolute Gasteiger partial charge is 0.326 e. The van der Waals surface area contributed by atoms with Crippen LogP contribution in [0.2, 0.25) is 0 Å². The Hall–Kier alpha value is -2.62. The molecular formula is C17H17N3O. The summed E-state index contributed by atoms with van der Waals surface area (Å²) in [6.07, 6.45) is 3.25. The number of amides is 1. The van der Waals surface area contributed by atoms with E-state index in [9.17, 15) is 4.79 Å². The Balaban J connectivity index is 1.85. The van der Waals surface area contributed by atoms with E-state index in [2.05, 4.69) is 10.4 Å². The highest BCUT2D eigenvalue weighted by Crippen LogP contribution is 2.19. The maximum Gasteiger partial charge on any atom is 0.224 e. The van der Waals surface area contributed by atoms with E-state index < -0.39 is 0 Å². The Bertz CT molecular complexity index is 759. The number of carbonyl (C=O) groups excluding carboxylic acids is 1. The lowest BCUT2D eigenvalue weighted by Gasteiger charge is -2.07. The van der Waals surface area contributed by atoms with E-state index in [1.54, 1.807) is 0 Å². The lowest BCUT2D eigenvalue weighted by atomic mass is 10.2. The summed E-state index contributed by atoms with van der Waals surface area (Å²) in [7, 11) is 0. The summed E-state index contributed by atoms with van der Waals surface area (Å²) in [5.74, 6) is 0.0507. The number of rotatable bonds is 4. The number of anilines is 1. The number of nitrogens with zero attached hydrogens (tertiary/aromatic N) is 2. The summed E-state index contributed by atoms with van der Waals surface area (Å²) < 4.78 is 1.90. The molecule has 0 spiro atoms. The van der Waals surface area contributed by atoms with E-state index in [0.717, 1.165) is 28.7 Å². The maximum atomic E-state index is 11.6. The molecule has 0 aliphatic carbocycles. The molecule has 0 unspecified atom stereocenters. The number of carbonyl (C=O) groups is 1. The van der Waals surface area contributed by atoms with E-state index >= 15 is 0 Å². The molecule has 4 nitrogen and oxygen atoms in total. The molecule has 106 valence electrons. The molecule has 2 aromatic carbocycles. The van der Waals surface area contributed by atoms with Crippen molar-refractivity contribution in [3.8, 4) is 5.69 Å². The van der Waals surface area contributed by atoms with Crippen LogP contribution in [0.15, 0.2) is 54.7 Å². The van der Waals surface area contributed by atoms with Crippen molar-refractivity contribution in [2.24, 2.45) is 0 Å². The first-order valence-electron chi connectivity index (χ1n) is 7.11. The Morgan fingerprint density at radius 3 is 2.67 bits per heavy atom. The van der Waals surface area contributed by atoms with Crippen LogP contribution in [0.1, 0.15) is 19.8 Å². The minimum absolute atomic E-state index is 0.0507. The van der Waals surface area contributed by atoms with Crippen molar-refractivity contribution in [2.45, 2.75) is 19.8 Å². The topological polar surface area (TPSA) is 46.9 Å². The number of benzene rings is 2. The van der Waals surface area contributed by atoms with Crippen molar-refractivity contribution in [3.05, 3.63) is 54.7 Å². The summed E-state index contributed by atoms with van der Waals surface area (Å²) in [4.78, 5) is 11.6. The molecule has 0 aliphatic heterocycles. The van der Waals surface area contributed by atoms with Crippen LogP contribution in [0.3, 0.4) is 0 Å². The molecule has 1 aromatic heterocycles. The van der Waals surface area contributed by atoms with Gasteiger partial charge in [-0.1, -0.05) is 25.1 Å². The van der Waals surface area contributed by atoms with Crippen LogP contribution in [-0.4, -0.2) is 15.7 Å². The highest BCUT2D eigenvalue weighted by molar-refractivity contribution is 5.90. The monoisotopic (exact) mass is 279 g/mol. The molecule has 3 aromatic rings. The third kappa shape index (κ3) is 2.79. The summed E-state index contributed by atoms with van der Waals surface area (Å²) in [6.45, 7) is 1.99. The summed E-state index contributed by atoms with van der Waals surface area (Å²) in [6, 6.07) is 15.8. The third-order valence-corrected chi connectivity index (χ3v) is 3.35. The minimum atomic E-state index is 0.0507. The summed E-state index contributed by atoms with van der Waals surface area (Å²) in [5, 5.41) is 8.41. The number of nitrogens with one attached hydrogen (secondary N) is 1. The van der Waals surface area contributed by atoms with Crippen molar-refractivity contribution >= 4 is 22.5 Å². The second-order valence-corrected chi connectivity index (χ2v) is 4.96. The van der Waals surface area contributed by atoms with Crippen molar-refractivity contribution < 1.29 is 4.79 Å². The minimum Gasteiger partial charge on any atom is -0.326 e. The number of para-hydroxylation sites is 1. The van der Waals surface area contributed by atoms with Gasteiger partial charge in [0.1, 0.15) is 0 Å². The number of aromatic nitrogens is 2. The van der Waals surface area contributed by atoms with Gasteiger partial charge < -0.3 is 5.32 Å². The fourth-order valence-electron chi connectivity index (χ4n) is 2.31. The van der Waals surface area contributed by atoms with Crippen LogP contribution >= 0.6 is 0 Å². The van der Waals surface area contributed by atoms with Crippen LogP contribution in [0.5, 0.6) is 0 Å². The van der Waals surface area contributed by atoms with E-state index in [4.69, 9.17) is 0 Å². The van der Waals surface area contributed by atoms with Crippen molar-refractivity contribution in [2.75, 3.05) is 5.32 Å². The first kappa shape index (κ1) is 13.4. The van der Waals surface area contributed by atoms with Gasteiger partial charge in [-0.15, -0.1) is 0 Å². The van der Waals surface area contributed by atoms with Crippen molar-refractivity contribution in [3.63, 3.8) is 0 Å². The van der Waals surface area contributed by atoms with Crippen LogP contribution in [0.4, 0.5) is 5.69 Å². The molecule has 0 saturated heterocycles. The normalized spacial score (nSPS) is 10.7. The van der Waals surface area contributed by atoms with Crippen LogP contribution in [-0.2, 0) is 4.79 Å². The molecule has 0 saturated carbocycles. The second-order valence-electron chi connectivity index (χ2n) is 4.96. The van der Waals surface area contributed by atoms with E-state index in [1.165, 1.54) is 0 Å². The van der Waals surface area contributed by atoms with Gasteiger partial charge in [0.25, 0.3) is 0 Å². The predicted octanol–water partition coefficient (Wildman–Crippen LogP) is 3.76. The molecule has 0 radical (unpaired) electrons. The van der Waals surface area contributed by atoms with Gasteiger partial charge in [0.15, 0.2) is 0 Å². The molecular weight excluding hydrogens is 262 g/mol. The highest BCUT2D eigenvalue weighted by Gasteiger charge is 2.05. The van der Waals surface area contributed by atoms with Gasteiger partial charge in [-0.3, -0.25) is 4.79 Å². The molecule has 0 aliphatic rings. The molecule has 0 fully saturated rings. The molecule has 21 heavy (non-hydrogen) atoms. The van der Waals surface area contributed by atoms with Gasteiger partial charge in [0.2, 0.25) is 5.91 Å². The second kappa shape index (κ2) is 5.79.